The molecule has 0 aliphatic heterocycles. The lowest BCUT2D eigenvalue weighted by atomic mass is 9.84. The molecule has 1 aliphatic rings. The largest absolute Gasteiger partial charge is 0.465 e. The van der Waals surface area contributed by atoms with Gasteiger partial charge in [-0.25, -0.2) is 4.79 Å². The summed E-state index contributed by atoms with van der Waals surface area (Å²) in [7, 11) is 0. The lowest BCUT2D eigenvalue weighted by molar-refractivity contribution is 0.182. The van der Waals surface area contributed by atoms with E-state index in [1.165, 1.54) is 0 Å². The first kappa shape index (κ1) is 12.0. The van der Waals surface area contributed by atoms with Crippen molar-refractivity contribution in [1.82, 2.24) is 19.9 Å². The number of fused-ring (bicyclic) bond motifs is 1. The third-order valence-corrected chi connectivity index (χ3v) is 3.75. The number of carbonyl (C=O) groups is 1. The van der Waals surface area contributed by atoms with Gasteiger partial charge in [-0.05, 0) is 25.0 Å². The van der Waals surface area contributed by atoms with Crippen LogP contribution in [0, 0.1) is 0 Å². The Bertz CT molecular complexity index is 595. The van der Waals surface area contributed by atoms with Gasteiger partial charge in [0, 0.05) is 18.2 Å². The molecule has 0 bridgehead atoms. The van der Waals surface area contributed by atoms with Gasteiger partial charge in [0.25, 0.3) is 0 Å². The zero-order valence-corrected chi connectivity index (χ0v) is 10.5. The second kappa shape index (κ2) is 4.87. The van der Waals surface area contributed by atoms with E-state index < -0.39 is 6.09 Å². The molecule has 0 unspecified atom stereocenters. The molecule has 0 aromatic carbocycles. The van der Waals surface area contributed by atoms with Crippen molar-refractivity contribution in [3.8, 4) is 0 Å². The molecule has 1 saturated carbocycles. The maximum atomic E-state index is 10.9. The number of hydrogen-bond acceptors (Lipinski definition) is 3. The van der Waals surface area contributed by atoms with Gasteiger partial charge in [0.2, 0.25) is 0 Å². The van der Waals surface area contributed by atoms with Crippen molar-refractivity contribution in [3.63, 3.8) is 0 Å². The van der Waals surface area contributed by atoms with Crippen molar-refractivity contribution in [2.45, 2.75) is 37.6 Å². The highest BCUT2D eigenvalue weighted by Gasteiger charge is 2.31. The zero-order chi connectivity index (χ0) is 13.2. The van der Waals surface area contributed by atoms with Gasteiger partial charge in [-0.3, -0.25) is 4.40 Å². The van der Waals surface area contributed by atoms with Crippen molar-refractivity contribution in [3.05, 3.63) is 30.2 Å². The van der Waals surface area contributed by atoms with Crippen molar-refractivity contribution in [2.75, 3.05) is 0 Å². The van der Waals surface area contributed by atoms with Gasteiger partial charge in [-0.2, -0.15) is 0 Å². The molecule has 2 N–H and O–H groups in total. The molecular formula is C13H16N4O2. The predicted octanol–water partition coefficient (Wildman–Crippen LogP) is 2.02. The van der Waals surface area contributed by atoms with Crippen LogP contribution in [0.5, 0.6) is 0 Å². The van der Waals surface area contributed by atoms with E-state index in [2.05, 4.69) is 15.5 Å². The summed E-state index contributed by atoms with van der Waals surface area (Å²) < 4.78 is 1.95. The SMILES string of the molecule is O=C(O)N[C@@H]1CCCC[C@H]1c1nnc2ccccn12. The van der Waals surface area contributed by atoms with Gasteiger partial charge in [0.05, 0.1) is 0 Å². The van der Waals surface area contributed by atoms with E-state index >= 15 is 0 Å². The summed E-state index contributed by atoms with van der Waals surface area (Å²) >= 11 is 0. The van der Waals surface area contributed by atoms with Crippen LogP contribution in [0.15, 0.2) is 24.4 Å². The standard InChI is InChI=1S/C13H16N4O2/c18-13(19)14-10-6-2-1-5-9(10)12-16-15-11-7-3-4-8-17(11)12/h3-4,7-10,14H,1-2,5-6H2,(H,18,19)/t9-,10-/m1/s1. The molecule has 1 amide bonds. The normalized spacial score (nSPS) is 23.4. The molecule has 2 heterocycles. The van der Waals surface area contributed by atoms with Crippen LogP contribution in [0.25, 0.3) is 5.65 Å². The fourth-order valence-electron chi connectivity index (χ4n) is 2.88. The molecule has 6 heteroatoms. The Morgan fingerprint density at radius 2 is 2.16 bits per heavy atom. The van der Waals surface area contributed by atoms with Crippen molar-refractivity contribution in [2.24, 2.45) is 0 Å². The third kappa shape index (κ3) is 2.25. The van der Waals surface area contributed by atoms with Crippen LogP contribution < -0.4 is 5.32 Å². The molecule has 1 fully saturated rings. The van der Waals surface area contributed by atoms with Crippen molar-refractivity contribution >= 4 is 11.7 Å². The number of nitrogens with one attached hydrogen (secondary N) is 1. The fraction of sp³-hybridized carbons (Fsp3) is 0.462. The molecule has 0 radical (unpaired) electrons. The van der Waals surface area contributed by atoms with Gasteiger partial charge in [-0.1, -0.05) is 18.9 Å². The summed E-state index contributed by atoms with van der Waals surface area (Å²) in [5, 5.41) is 20.0. The van der Waals surface area contributed by atoms with Crippen LogP contribution in [0.3, 0.4) is 0 Å². The zero-order valence-electron chi connectivity index (χ0n) is 10.5. The Balaban J connectivity index is 1.95. The second-order valence-electron chi connectivity index (χ2n) is 4.93. The molecule has 0 spiro atoms. The van der Waals surface area contributed by atoms with Gasteiger partial charge >= 0.3 is 6.09 Å². The van der Waals surface area contributed by atoms with Crippen LogP contribution in [0.4, 0.5) is 4.79 Å². The van der Waals surface area contributed by atoms with Crippen LogP contribution in [0.2, 0.25) is 0 Å². The monoisotopic (exact) mass is 260 g/mol. The molecule has 2 aromatic rings. The molecule has 1 aliphatic carbocycles. The van der Waals surface area contributed by atoms with E-state index in [4.69, 9.17) is 5.11 Å². The number of amides is 1. The quantitative estimate of drug-likeness (QED) is 0.865. The first-order valence-corrected chi connectivity index (χ1v) is 6.55. The summed E-state index contributed by atoms with van der Waals surface area (Å²) in [5.41, 5.74) is 0.803. The molecule has 2 aromatic heterocycles. The highest BCUT2D eigenvalue weighted by molar-refractivity contribution is 5.65. The minimum Gasteiger partial charge on any atom is -0.465 e. The lowest BCUT2D eigenvalue weighted by Crippen LogP contribution is -2.40. The molecule has 6 nitrogen and oxygen atoms in total. The topological polar surface area (TPSA) is 79.5 Å². The lowest BCUT2D eigenvalue weighted by Gasteiger charge is -2.30. The average molecular weight is 260 g/mol. The Morgan fingerprint density at radius 3 is 3.00 bits per heavy atom. The van der Waals surface area contributed by atoms with Crippen LogP contribution in [0.1, 0.15) is 37.4 Å². The highest BCUT2D eigenvalue weighted by atomic mass is 16.4. The number of carboxylic acid groups (broad SMARTS) is 1. The van der Waals surface area contributed by atoms with E-state index in [9.17, 15) is 4.79 Å². The Kier molecular flexibility index (Phi) is 3.06. The van der Waals surface area contributed by atoms with Crippen LogP contribution in [-0.2, 0) is 0 Å². The van der Waals surface area contributed by atoms with Crippen LogP contribution >= 0.6 is 0 Å². The van der Waals surface area contributed by atoms with E-state index in [1.807, 2.05) is 28.8 Å². The van der Waals surface area contributed by atoms with Gasteiger partial charge in [-0.15, -0.1) is 10.2 Å². The number of nitrogens with zero attached hydrogens (tertiary/aromatic N) is 3. The average Bonchev–Trinajstić information content (AvgIpc) is 2.82. The van der Waals surface area contributed by atoms with Crippen molar-refractivity contribution in [1.29, 1.82) is 0 Å². The molecule has 19 heavy (non-hydrogen) atoms. The smallest absolute Gasteiger partial charge is 0.404 e. The number of rotatable bonds is 2. The first-order valence-electron chi connectivity index (χ1n) is 6.55. The van der Waals surface area contributed by atoms with Gasteiger partial charge in [0.15, 0.2) is 5.65 Å². The summed E-state index contributed by atoms with van der Waals surface area (Å²) in [6.45, 7) is 0. The minimum atomic E-state index is -0.967. The Morgan fingerprint density at radius 1 is 1.32 bits per heavy atom. The van der Waals surface area contributed by atoms with E-state index in [1.54, 1.807) is 0 Å². The molecule has 3 rings (SSSR count). The van der Waals surface area contributed by atoms with E-state index in [-0.39, 0.29) is 12.0 Å². The Labute approximate surface area is 110 Å². The predicted molar refractivity (Wildman–Crippen MR) is 69.1 cm³/mol. The maximum absolute atomic E-state index is 10.9. The second-order valence-corrected chi connectivity index (χ2v) is 4.93. The van der Waals surface area contributed by atoms with Crippen LogP contribution in [-0.4, -0.2) is 31.8 Å². The van der Waals surface area contributed by atoms with E-state index in [0.29, 0.717) is 0 Å². The number of pyridine rings is 1. The number of aromatic nitrogens is 3. The molecule has 2 atom stereocenters. The Hall–Kier alpha value is -2.11. The summed E-state index contributed by atoms with van der Waals surface area (Å²) in [6.07, 6.45) is 4.92. The minimum absolute atomic E-state index is 0.0705. The fourth-order valence-corrected chi connectivity index (χ4v) is 2.88. The maximum Gasteiger partial charge on any atom is 0.404 e. The molecular weight excluding hydrogens is 244 g/mol. The van der Waals surface area contributed by atoms with E-state index in [0.717, 1.165) is 37.2 Å². The summed E-state index contributed by atoms with van der Waals surface area (Å²) in [4.78, 5) is 10.9. The summed E-state index contributed by atoms with van der Waals surface area (Å²) in [5.74, 6) is 0.955. The third-order valence-electron chi connectivity index (χ3n) is 3.75. The highest BCUT2D eigenvalue weighted by Crippen LogP contribution is 2.32. The van der Waals surface area contributed by atoms with Crippen molar-refractivity contribution < 1.29 is 9.90 Å². The first-order chi connectivity index (χ1) is 9.25. The van der Waals surface area contributed by atoms with Gasteiger partial charge in [0.1, 0.15) is 5.82 Å². The van der Waals surface area contributed by atoms with Gasteiger partial charge < -0.3 is 10.4 Å². The number of hydrogen-bond donors (Lipinski definition) is 2. The molecule has 100 valence electrons. The summed E-state index contributed by atoms with van der Waals surface area (Å²) in [6, 6.07) is 5.68. The molecule has 0 saturated heterocycles.